The summed E-state index contributed by atoms with van der Waals surface area (Å²) in [4.78, 5) is 25.6. The molecule has 1 heterocycles. The molecule has 2 aromatic carbocycles. The Labute approximate surface area is 143 Å². The van der Waals surface area contributed by atoms with Crippen molar-refractivity contribution in [1.29, 1.82) is 0 Å². The lowest BCUT2D eigenvalue weighted by atomic mass is 10.1. The number of carbonyl (C=O) groups excluding carboxylic acids is 1. The molecule has 3 aromatic rings. The summed E-state index contributed by atoms with van der Waals surface area (Å²) in [5.74, 6) is -0.321. The number of H-pyrrole nitrogens is 1. The van der Waals surface area contributed by atoms with Crippen LogP contribution in [-0.4, -0.2) is 22.0 Å². The third-order valence-electron chi connectivity index (χ3n) is 4.05. The molecule has 0 bridgehead atoms. The number of nitrogens with one attached hydrogen (secondary N) is 2. The Kier molecular flexibility index (Phi) is 4.30. The van der Waals surface area contributed by atoms with Gasteiger partial charge in [0.25, 0.3) is 11.6 Å². The van der Waals surface area contributed by atoms with Gasteiger partial charge >= 0.3 is 0 Å². The van der Waals surface area contributed by atoms with Gasteiger partial charge in [0, 0.05) is 34.3 Å². The number of amides is 1. The summed E-state index contributed by atoms with van der Waals surface area (Å²) >= 11 is 0. The van der Waals surface area contributed by atoms with Crippen LogP contribution in [0.5, 0.6) is 0 Å². The Morgan fingerprint density at radius 3 is 2.60 bits per heavy atom. The van der Waals surface area contributed by atoms with Crippen LogP contribution in [0.4, 0.5) is 5.69 Å². The van der Waals surface area contributed by atoms with Crippen LogP contribution in [0.15, 0.2) is 47.6 Å². The zero-order valence-corrected chi connectivity index (χ0v) is 13.7. The first-order valence-corrected chi connectivity index (χ1v) is 7.62. The molecule has 25 heavy (non-hydrogen) atoms. The highest BCUT2D eigenvalue weighted by molar-refractivity contribution is 5.99. The van der Waals surface area contributed by atoms with Crippen LogP contribution in [0, 0.1) is 24.0 Å². The number of hydrazone groups is 1. The molecule has 126 valence electrons. The zero-order chi connectivity index (χ0) is 18.0. The van der Waals surface area contributed by atoms with Gasteiger partial charge in [0.05, 0.1) is 11.1 Å². The van der Waals surface area contributed by atoms with Crippen LogP contribution < -0.4 is 5.43 Å². The summed E-state index contributed by atoms with van der Waals surface area (Å²) in [7, 11) is 0. The van der Waals surface area contributed by atoms with E-state index in [0.29, 0.717) is 11.1 Å². The number of benzene rings is 2. The number of nitro benzene ring substituents is 1. The summed E-state index contributed by atoms with van der Waals surface area (Å²) in [5.41, 5.74) is 6.80. The van der Waals surface area contributed by atoms with Crippen molar-refractivity contribution >= 4 is 28.7 Å². The Morgan fingerprint density at radius 1 is 1.20 bits per heavy atom. The first kappa shape index (κ1) is 16.4. The molecule has 2 N–H and O–H groups in total. The highest BCUT2D eigenvalue weighted by Crippen LogP contribution is 2.22. The lowest BCUT2D eigenvalue weighted by molar-refractivity contribution is -0.384. The highest BCUT2D eigenvalue weighted by atomic mass is 16.6. The molecule has 0 spiro atoms. The van der Waals surface area contributed by atoms with E-state index in [2.05, 4.69) is 15.5 Å². The minimum absolute atomic E-state index is 0.00616. The normalized spacial score (nSPS) is 11.1. The monoisotopic (exact) mass is 336 g/mol. The number of carbonyl (C=O) groups is 1. The number of aromatic amines is 1. The summed E-state index contributed by atoms with van der Waals surface area (Å²) in [6, 6.07) is 11.3. The van der Waals surface area contributed by atoms with Crippen molar-refractivity contribution in [2.75, 3.05) is 0 Å². The van der Waals surface area contributed by atoms with Crippen LogP contribution in [0.3, 0.4) is 0 Å². The van der Waals surface area contributed by atoms with Gasteiger partial charge in [-0.15, -0.1) is 0 Å². The number of nitrogens with zero attached hydrogens (tertiary/aromatic N) is 2. The number of hydrogen-bond donors (Lipinski definition) is 2. The molecular weight excluding hydrogens is 320 g/mol. The predicted octanol–water partition coefficient (Wildman–Crippen LogP) is 3.46. The van der Waals surface area contributed by atoms with Crippen LogP contribution in [-0.2, 0) is 0 Å². The fraction of sp³-hybridized carbons (Fsp3) is 0.111. The zero-order valence-electron chi connectivity index (χ0n) is 13.7. The second kappa shape index (κ2) is 6.56. The molecular formula is C18H16N4O3. The topological polar surface area (TPSA) is 100 Å². The van der Waals surface area contributed by atoms with Crippen LogP contribution in [0.2, 0.25) is 0 Å². The van der Waals surface area contributed by atoms with Gasteiger partial charge < -0.3 is 4.98 Å². The van der Waals surface area contributed by atoms with Crippen LogP contribution >= 0.6 is 0 Å². The maximum Gasteiger partial charge on any atom is 0.271 e. The van der Waals surface area contributed by atoms with Gasteiger partial charge in [0.15, 0.2) is 0 Å². The predicted molar refractivity (Wildman–Crippen MR) is 95.9 cm³/mol. The lowest BCUT2D eigenvalue weighted by Gasteiger charge is -2.01. The number of fused-ring (bicyclic) bond motifs is 1. The van der Waals surface area contributed by atoms with Crippen LogP contribution in [0.25, 0.3) is 10.9 Å². The maximum atomic E-state index is 12.2. The van der Waals surface area contributed by atoms with E-state index in [-0.39, 0.29) is 11.6 Å². The smallest absolute Gasteiger partial charge is 0.271 e. The van der Waals surface area contributed by atoms with E-state index in [4.69, 9.17) is 0 Å². The number of rotatable bonds is 4. The van der Waals surface area contributed by atoms with Gasteiger partial charge in [-0.3, -0.25) is 14.9 Å². The average molecular weight is 336 g/mol. The Hall–Kier alpha value is -3.48. The molecule has 0 saturated heterocycles. The van der Waals surface area contributed by atoms with E-state index < -0.39 is 4.92 Å². The SMILES string of the molecule is Cc1[nH]c2ccc(C(=O)N/N=C\c3ccc([N+](=O)[O-])cc3)cc2c1C. The third kappa shape index (κ3) is 3.40. The molecule has 0 unspecified atom stereocenters. The van der Waals surface area contributed by atoms with E-state index in [1.54, 1.807) is 18.2 Å². The molecule has 0 aliphatic rings. The first-order chi connectivity index (χ1) is 12.0. The van der Waals surface area contributed by atoms with Crippen molar-refractivity contribution in [3.63, 3.8) is 0 Å². The van der Waals surface area contributed by atoms with Crippen LogP contribution in [0.1, 0.15) is 27.2 Å². The van der Waals surface area contributed by atoms with Crippen molar-refractivity contribution in [2.24, 2.45) is 5.10 Å². The Balaban J connectivity index is 1.71. The highest BCUT2D eigenvalue weighted by Gasteiger charge is 2.09. The average Bonchev–Trinajstić information content (AvgIpc) is 2.89. The molecule has 7 nitrogen and oxygen atoms in total. The second-order valence-electron chi connectivity index (χ2n) is 5.68. The van der Waals surface area contributed by atoms with E-state index in [0.717, 1.165) is 22.2 Å². The molecule has 0 saturated carbocycles. The standard InChI is InChI=1S/C18H16N4O3/c1-11-12(2)20-17-8-5-14(9-16(11)17)18(23)21-19-10-13-3-6-15(7-4-13)22(24)25/h3-10,20H,1-2H3,(H,21,23)/b19-10-. The third-order valence-corrected chi connectivity index (χ3v) is 4.05. The quantitative estimate of drug-likeness (QED) is 0.433. The lowest BCUT2D eigenvalue weighted by Crippen LogP contribution is -2.17. The number of hydrogen-bond acceptors (Lipinski definition) is 4. The second-order valence-corrected chi connectivity index (χ2v) is 5.68. The molecule has 0 atom stereocenters. The van der Waals surface area contributed by atoms with Gasteiger partial charge in [0.2, 0.25) is 0 Å². The summed E-state index contributed by atoms with van der Waals surface area (Å²) < 4.78 is 0. The van der Waals surface area contributed by atoms with Crippen molar-refractivity contribution in [3.05, 3.63) is 75.0 Å². The van der Waals surface area contributed by atoms with Crippen molar-refractivity contribution in [1.82, 2.24) is 10.4 Å². The van der Waals surface area contributed by atoms with Gasteiger partial charge in [-0.05, 0) is 55.3 Å². The minimum Gasteiger partial charge on any atom is -0.358 e. The molecule has 0 aliphatic carbocycles. The number of nitro groups is 1. The van der Waals surface area contributed by atoms with Gasteiger partial charge in [0.1, 0.15) is 0 Å². The maximum absolute atomic E-state index is 12.2. The fourth-order valence-corrected chi connectivity index (χ4v) is 2.51. The largest absolute Gasteiger partial charge is 0.358 e. The molecule has 7 heteroatoms. The molecule has 0 aliphatic heterocycles. The molecule has 3 rings (SSSR count). The molecule has 0 fully saturated rings. The van der Waals surface area contributed by atoms with E-state index in [1.807, 2.05) is 26.0 Å². The van der Waals surface area contributed by atoms with Gasteiger partial charge in [-0.2, -0.15) is 5.10 Å². The van der Waals surface area contributed by atoms with Crippen molar-refractivity contribution < 1.29 is 9.72 Å². The summed E-state index contributed by atoms with van der Waals surface area (Å²) in [6.45, 7) is 3.99. The number of aryl methyl sites for hydroxylation is 2. The van der Waals surface area contributed by atoms with Crippen molar-refractivity contribution in [3.8, 4) is 0 Å². The van der Waals surface area contributed by atoms with E-state index in [9.17, 15) is 14.9 Å². The number of non-ortho nitro benzene ring substituents is 1. The Bertz CT molecular complexity index is 987. The Morgan fingerprint density at radius 2 is 1.92 bits per heavy atom. The van der Waals surface area contributed by atoms with E-state index in [1.165, 1.54) is 18.3 Å². The number of aromatic nitrogens is 1. The fourth-order valence-electron chi connectivity index (χ4n) is 2.51. The molecule has 1 amide bonds. The van der Waals surface area contributed by atoms with Gasteiger partial charge in [-0.1, -0.05) is 0 Å². The van der Waals surface area contributed by atoms with E-state index >= 15 is 0 Å². The molecule has 0 radical (unpaired) electrons. The molecule has 1 aromatic heterocycles. The minimum atomic E-state index is -0.469. The van der Waals surface area contributed by atoms with Gasteiger partial charge in [-0.25, -0.2) is 5.43 Å². The van der Waals surface area contributed by atoms with Crippen molar-refractivity contribution in [2.45, 2.75) is 13.8 Å². The summed E-state index contributed by atoms with van der Waals surface area (Å²) in [5, 5.41) is 15.5. The first-order valence-electron chi connectivity index (χ1n) is 7.62. The summed E-state index contributed by atoms with van der Waals surface area (Å²) in [6.07, 6.45) is 1.44.